The van der Waals surface area contributed by atoms with Gasteiger partial charge >= 0.3 is 0 Å². The molecule has 2 aliphatic heterocycles. The van der Waals surface area contributed by atoms with Crippen molar-refractivity contribution in [1.29, 1.82) is 0 Å². The highest BCUT2D eigenvalue weighted by Gasteiger charge is 2.46. The molecule has 2 saturated heterocycles. The standard InChI is InChI=1S/C21H26FN3O4S/c1-23-21(16-6-5-7-17(14-16)28-2)20(15-29-23)30(26,27)25-12-10-24(11-13-25)19-9-4-3-8-18(19)22/h3-9,14,20-21H,10-13,15H2,1-2H3/t20-,21-/m0/s1. The highest BCUT2D eigenvalue weighted by atomic mass is 32.2. The average molecular weight is 436 g/mol. The molecule has 2 fully saturated rings. The van der Waals surface area contributed by atoms with E-state index in [1.54, 1.807) is 37.4 Å². The first-order valence-electron chi connectivity index (χ1n) is 9.90. The first kappa shape index (κ1) is 21.0. The van der Waals surface area contributed by atoms with Crippen LogP contribution in [-0.4, -0.2) is 70.0 Å². The van der Waals surface area contributed by atoms with E-state index in [0.717, 1.165) is 5.56 Å². The monoisotopic (exact) mass is 435 g/mol. The molecule has 2 aromatic carbocycles. The van der Waals surface area contributed by atoms with Crippen molar-refractivity contribution in [2.75, 3.05) is 51.8 Å². The lowest BCUT2D eigenvalue weighted by Crippen LogP contribution is -2.52. The fourth-order valence-electron chi connectivity index (χ4n) is 4.18. The van der Waals surface area contributed by atoms with Gasteiger partial charge in [-0.3, -0.25) is 4.84 Å². The van der Waals surface area contributed by atoms with Crippen LogP contribution in [0, 0.1) is 5.82 Å². The number of methoxy groups -OCH3 is 1. The van der Waals surface area contributed by atoms with Crippen LogP contribution in [0.1, 0.15) is 11.6 Å². The molecule has 2 aliphatic rings. The zero-order chi connectivity index (χ0) is 21.3. The molecule has 2 heterocycles. The summed E-state index contributed by atoms with van der Waals surface area (Å²) in [6.07, 6.45) is 0. The summed E-state index contributed by atoms with van der Waals surface area (Å²) in [6.45, 7) is 1.58. The first-order valence-corrected chi connectivity index (χ1v) is 11.4. The van der Waals surface area contributed by atoms with E-state index in [-0.39, 0.29) is 12.4 Å². The number of hydroxylamine groups is 2. The van der Waals surface area contributed by atoms with Crippen molar-refractivity contribution < 1.29 is 22.4 Å². The van der Waals surface area contributed by atoms with E-state index in [4.69, 9.17) is 9.57 Å². The van der Waals surface area contributed by atoms with Gasteiger partial charge in [0.1, 0.15) is 16.8 Å². The molecular weight excluding hydrogens is 409 g/mol. The van der Waals surface area contributed by atoms with Gasteiger partial charge in [-0.2, -0.15) is 9.37 Å². The largest absolute Gasteiger partial charge is 0.497 e. The molecular formula is C21H26FN3O4S. The summed E-state index contributed by atoms with van der Waals surface area (Å²) < 4.78 is 47.8. The van der Waals surface area contributed by atoms with Crippen LogP contribution in [0.2, 0.25) is 0 Å². The normalized spacial score (nSPS) is 23.6. The predicted octanol–water partition coefficient (Wildman–Crippen LogP) is 2.27. The lowest BCUT2D eigenvalue weighted by atomic mass is 10.0. The minimum Gasteiger partial charge on any atom is -0.497 e. The quantitative estimate of drug-likeness (QED) is 0.718. The summed E-state index contributed by atoms with van der Waals surface area (Å²) in [5.74, 6) is 0.375. The summed E-state index contributed by atoms with van der Waals surface area (Å²) in [6, 6.07) is 13.5. The predicted molar refractivity (Wildman–Crippen MR) is 112 cm³/mol. The Morgan fingerprint density at radius 1 is 1.07 bits per heavy atom. The number of hydrogen-bond donors (Lipinski definition) is 0. The van der Waals surface area contributed by atoms with Crippen molar-refractivity contribution in [3.8, 4) is 5.75 Å². The zero-order valence-electron chi connectivity index (χ0n) is 17.1. The van der Waals surface area contributed by atoms with Gasteiger partial charge in [-0.05, 0) is 29.8 Å². The lowest BCUT2D eigenvalue weighted by molar-refractivity contribution is -0.110. The van der Waals surface area contributed by atoms with Crippen LogP contribution in [0.15, 0.2) is 48.5 Å². The summed E-state index contributed by atoms with van der Waals surface area (Å²) in [5, 5.41) is 0.877. The number of halogens is 1. The third-order valence-corrected chi connectivity index (χ3v) is 8.04. The second-order valence-electron chi connectivity index (χ2n) is 7.48. The van der Waals surface area contributed by atoms with E-state index < -0.39 is 21.3 Å². The highest BCUT2D eigenvalue weighted by Crippen LogP contribution is 2.36. The third-order valence-electron chi connectivity index (χ3n) is 5.80. The lowest BCUT2D eigenvalue weighted by Gasteiger charge is -2.37. The van der Waals surface area contributed by atoms with Crippen LogP contribution in [-0.2, 0) is 14.9 Å². The van der Waals surface area contributed by atoms with Gasteiger partial charge in [0, 0.05) is 33.2 Å². The second-order valence-corrected chi connectivity index (χ2v) is 9.64. The van der Waals surface area contributed by atoms with Crippen molar-refractivity contribution in [1.82, 2.24) is 9.37 Å². The van der Waals surface area contributed by atoms with E-state index >= 15 is 0 Å². The summed E-state index contributed by atoms with van der Waals surface area (Å²) in [7, 11) is -0.295. The van der Waals surface area contributed by atoms with Crippen LogP contribution in [0.25, 0.3) is 0 Å². The molecule has 2 atom stereocenters. The van der Waals surface area contributed by atoms with Crippen LogP contribution in [0.4, 0.5) is 10.1 Å². The number of piperazine rings is 1. The number of sulfonamides is 1. The molecule has 2 aromatic rings. The number of ether oxygens (including phenoxy) is 1. The highest BCUT2D eigenvalue weighted by molar-refractivity contribution is 7.89. The fourth-order valence-corrected chi connectivity index (χ4v) is 6.12. The zero-order valence-corrected chi connectivity index (χ0v) is 17.9. The fraction of sp³-hybridized carbons (Fsp3) is 0.429. The molecule has 0 radical (unpaired) electrons. The van der Waals surface area contributed by atoms with Gasteiger partial charge < -0.3 is 9.64 Å². The van der Waals surface area contributed by atoms with Gasteiger partial charge in [-0.15, -0.1) is 0 Å². The SMILES string of the molecule is COc1cccc([C@H]2[C@@H](S(=O)(=O)N3CCN(c4ccccc4F)CC3)CON2C)c1. The van der Waals surface area contributed by atoms with E-state index in [2.05, 4.69) is 0 Å². The van der Waals surface area contributed by atoms with Crippen molar-refractivity contribution in [2.45, 2.75) is 11.3 Å². The molecule has 0 bridgehead atoms. The van der Waals surface area contributed by atoms with Gasteiger partial charge in [0.25, 0.3) is 0 Å². The van der Waals surface area contributed by atoms with Crippen LogP contribution in [0.5, 0.6) is 5.75 Å². The summed E-state index contributed by atoms with van der Waals surface area (Å²) in [5.41, 5.74) is 1.33. The number of anilines is 1. The average Bonchev–Trinajstić information content (AvgIpc) is 3.16. The number of nitrogens with zero attached hydrogens (tertiary/aromatic N) is 3. The maximum absolute atomic E-state index is 14.1. The second kappa shape index (κ2) is 8.50. The van der Waals surface area contributed by atoms with E-state index in [1.165, 1.54) is 10.4 Å². The van der Waals surface area contributed by atoms with Gasteiger partial charge in [-0.25, -0.2) is 12.8 Å². The van der Waals surface area contributed by atoms with Crippen molar-refractivity contribution in [2.24, 2.45) is 0 Å². The number of para-hydroxylation sites is 1. The molecule has 0 saturated carbocycles. The minimum atomic E-state index is -3.62. The van der Waals surface area contributed by atoms with Crippen molar-refractivity contribution in [3.05, 3.63) is 59.9 Å². The molecule has 4 rings (SSSR count). The molecule has 0 aromatic heterocycles. The molecule has 9 heteroatoms. The minimum absolute atomic E-state index is 0.0915. The van der Waals surface area contributed by atoms with E-state index in [0.29, 0.717) is 37.6 Å². The molecule has 0 amide bonds. The van der Waals surface area contributed by atoms with Gasteiger partial charge in [0.05, 0.1) is 25.4 Å². The van der Waals surface area contributed by atoms with Crippen LogP contribution >= 0.6 is 0 Å². The van der Waals surface area contributed by atoms with E-state index in [9.17, 15) is 12.8 Å². The number of hydrogen-bond acceptors (Lipinski definition) is 6. The van der Waals surface area contributed by atoms with E-state index in [1.807, 2.05) is 29.2 Å². The summed E-state index contributed by atoms with van der Waals surface area (Å²) in [4.78, 5) is 7.50. The number of benzene rings is 2. The maximum atomic E-state index is 14.1. The Hall–Kier alpha value is -2.20. The van der Waals surface area contributed by atoms with Gasteiger partial charge in [-0.1, -0.05) is 24.3 Å². The molecule has 0 spiro atoms. The topological polar surface area (TPSA) is 62.3 Å². The van der Waals surface area contributed by atoms with Crippen LogP contribution < -0.4 is 9.64 Å². The maximum Gasteiger partial charge on any atom is 0.221 e. The Balaban J connectivity index is 1.52. The van der Waals surface area contributed by atoms with Gasteiger partial charge in [0.15, 0.2) is 0 Å². The molecule has 7 nitrogen and oxygen atoms in total. The van der Waals surface area contributed by atoms with Gasteiger partial charge in [0.2, 0.25) is 10.0 Å². The Morgan fingerprint density at radius 3 is 2.50 bits per heavy atom. The molecule has 0 aliphatic carbocycles. The number of rotatable bonds is 5. The Labute approximate surface area is 176 Å². The van der Waals surface area contributed by atoms with Crippen molar-refractivity contribution >= 4 is 15.7 Å². The molecule has 0 N–H and O–H groups in total. The molecule has 162 valence electrons. The molecule has 30 heavy (non-hydrogen) atoms. The Kier molecular flexibility index (Phi) is 5.97. The summed E-state index contributed by atoms with van der Waals surface area (Å²) >= 11 is 0. The van der Waals surface area contributed by atoms with Crippen LogP contribution in [0.3, 0.4) is 0 Å². The first-order chi connectivity index (χ1) is 14.4. The smallest absolute Gasteiger partial charge is 0.221 e. The molecule has 0 unspecified atom stereocenters. The van der Waals surface area contributed by atoms with Crippen molar-refractivity contribution in [3.63, 3.8) is 0 Å². The Bertz CT molecular complexity index is 995. The Morgan fingerprint density at radius 2 is 1.80 bits per heavy atom. The third kappa shape index (κ3) is 3.90.